The first-order valence-electron chi connectivity index (χ1n) is 5.75. The largest absolute Gasteiger partial charge is 0.353 e. The summed E-state index contributed by atoms with van der Waals surface area (Å²) in [5, 5.41) is 3.62. The first kappa shape index (κ1) is 14.3. The molecule has 1 unspecified atom stereocenters. The van der Waals surface area contributed by atoms with Gasteiger partial charge in [-0.05, 0) is 30.5 Å². The van der Waals surface area contributed by atoms with Gasteiger partial charge in [-0.2, -0.15) is 0 Å². The average Bonchev–Trinajstić information content (AvgIpc) is 2.28. The van der Waals surface area contributed by atoms with Crippen LogP contribution in [0.25, 0.3) is 0 Å². The van der Waals surface area contributed by atoms with Crippen molar-refractivity contribution >= 4 is 29.1 Å². The molecule has 0 saturated carbocycles. The van der Waals surface area contributed by atoms with Gasteiger partial charge in [-0.3, -0.25) is 4.79 Å². The van der Waals surface area contributed by atoms with Crippen molar-refractivity contribution in [2.45, 2.75) is 32.2 Å². The molecule has 1 rings (SSSR count). The molecule has 0 aliphatic heterocycles. The van der Waals surface area contributed by atoms with Crippen LogP contribution in [0.3, 0.4) is 0 Å². The van der Waals surface area contributed by atoms with Crippen LogP contribution in [0.4, 0.5) is 0 Å². The molecule has 0 bridgehead atoms. The molecule has 0 radical (unpaired) electrons. The summed E-state index contributed by atoms with van der Waals surface area (Å²) < 4.78 is 0. The predicted molar refractivity (Wildman–Crippen MR) is 72.7 cm³/mol. The lowest BCUT2D eigenvalue weighted by molar-refractivity contribution is -0.121. The van der Waals surface area contributed by atoms with Crippen LogP contribution in [0.15, 0.2) is 24.3 Å². The number of carbonyl (C=O) groups is 1. The van der Waals surface area contributed by atoms with E-state index in [0.29, 0.717) is 17.3 Å². The van der Waals surface area contributed by atoms with E-state index in [9.17, 15) is 4.79 Å². The number of halogens is 2. The molecule has 0 fully saturated rings. The van der Waals surface area contributed by atoms with Gasteiger partial charge in [-0.1, -0.05) is 30.7 Å². The van der Waals surface area contributed by atoms with E-state index >= 15 is 0 Å². The SMILES string of the molecule is CCC(CCCl)NC(=O)Cc1cccc(Cl)c1. The second-order valence-electron chi connectivity index (χ2n) is 3.96. The van der Waals surface area contributed by atoms with Crippen molar-refractivity contribution in [2.24, 2.45) is 0 Å². The van der Waals surface area contributed by atoms with Gasteiger partial charge < -0.3 is 5.32 Å². The normalized spacial score (nSPS) is 12.2. The molecule has 0 heterocycles. The molecule has 0 aliphatic rings. The summed E-state index contributed by atoms with van der Waals surface area (Å²) in [4.78, 5) is 11.8. The van der Waals surface area contributed by atoms with Crippen molar-refractivity contribution in [3.05, 3.63) is 34.9 Å². The van der Waals surface area contributed by atoms with E-state index in [4.69, 9.17) is 23.2 Å². The fraction of sp³-hybridized carbons (Fsp3) is 0.462. The summed E-state index contributed by atoms with van der Waals surface area (Å²) in [7, 11) is 0. The van der Waals surface area contributed by atoms with Crippen molar-refractivity contribution in [1.29, 1.82) is 0 Å². The second-order valence-corrected chi connectivity index (χ2v) is 4.77. The molecule has 0 saturated heterocycles. The zero-order valence-electron chi connectivity index (χ0n) is 9.88. The summed E-state index contributed by atoms with van der Waals surface area (Å²) in [6.45, 7) is 2.04. The minimum Gasteiger partial charge on any atom is -0.353 e. The van der Waals surface area contributed by atoms with Gasteiger partial charge in [0.25, 0.3) is 0 Å². The van der Waals surface area contributed by atoms with Gasteiger partial charge in [0.1, 0.15) is 0 Å². The molecule has 94 valence electrons. The third kappa shape index (κ3) is 5.42. The fourth-order valence-corrected chi connectivity index (χ4v) is 2.10. The summed E-state index contributed by atoms with van der Waals surface area (Å²) in [6, 6.07) is 7.52. The lowest BCUT2D eigenvalue weighted by Crippen LogP contribution is -2.35. The maximum atomic E-state index is 11.8. The predicted octanol–water partition coefficient (Wildman–Crippen LogP) is 3.41. The van der Waals surface area contributed by atoms with Crippen LogP contribution in [0, 0.1) is 0 Å². The first-order valence-corrected chi connectivity index (χ1v) is 6.66. The summed E-state index contributed by atoms with van der Waals surface area (Å²) in [5.41, 5.74) is 0.927. The van der Waals surface area contributed by atoms with E-state index < -0.39 is 0 Å². The Bertz CT molecular complexity index is 368. The summed E-state index contributed by atoms with van der Waals surface area (Å²) >= 11 is 11.5. The highest BCUT2D eigenvalue weighted by molar-refractivity contribution is 6.30. The molecule has 17 heavy (non-hydrogen) atoms. The second kappa shape index (κ2) is 7.57. The number of carbonyl (C=O) groups excluding carboxylic acids is 1. The molecule has 1 aromatic rings. The Hall–Kier alpha value is -0.730. The topological polar surface area (TPSA) is 29.1 Å². The van der Waals surface area contributed by atoms with Gasteiger partial charge in [0.2, 0.25) is 5.91 Å². The molecule has 1 atom stereocenters. The van der Waals surface area contributed by atoms with Gasteiger partial charge in [-0.15, -0.1) is 11.6 Å². The number of amides is 1. The number of hydrogen-bond donors (Lipinski definition) is 1. The zero-order chi connectivity index (χ0) is 12.7. The van der Waals surface area contributed by atoms with Crippen molar-refractivity contribution in [2.75, 3.05) is 5.88 Å². The van der Waals surface area contributed by atoms with Gasteiger partial charge in [0.05, 0.1) is 6.42 Å². The van der Waals surface area contributed by atoms with Crippen molar-refractivity contribution in [3.8, 4) is 0 Å². The Morgan fingerprint density at radius 1 is 1.47 bits per heavy atom. The number of nitrogens with one attached hydrogen (secondary N) is 1. The van der Waals surface area contributed by atoms with Crippen LogP contribution >= 0.6 is 23.2 Å². The third-order valence-corrected chi connectivity index (χ3v) is 3.02. The van der Waals surface area contributed by atoms with Crippen LogP contribution in [-0.2, 0) is 11.2 Å². The van der Waals surface area contributed by atoms with Gasteiger partial charge in [0.15, 0.2) is 0 Å². The Kier molecular flexibility index (Phi) is 6.38. The van der Waals surface area contributed by atoms with Crippen LogP contribution < -0.4 is 5.32 Å². The van der Waals surface area contributed by atoms with E-state index in [1.165, 1.54) is 0 Å². The summed E-state index contributed by atoms with van der Waals surface area (Å²) in [5.74, 6) is 0.583. The van der Waals surface area contributed by atoms with E-state index in [-0.39, 0.29) is 11.9 Å². The van der Waals surface area contributed by atoms with Crippen molar-refractivity contribution < 1.29 is 4.79 Å². The highest BCUT2D eigenvalue weighted by Crippen LogP contribution is 2.11. The highest BCUT2D eigenvalue weighted by Gasteiger charge is 2.10. The maximum Gasteiger partial charge on any atom is 0.224 e. The summed E-state index contributed by atoms with van der Waals surface area (Å²) in [6.07, 6.45) is 2.06. The van der Waals surface area contributed by atoms with E-state index in [1.54, 1.807) is 6.07 Å². The highest BCUT2D eigenvalue weighted by atomic mass is 35.5. The minimum atomic E-state index is 0.0178. The molecule has 4 heteroatoms. The fourth-order valence-electron chi connectivity index (χ4n) is 1.62. The Morgan fingerprint density at radius 3 is 2.82 bits per heavy atom. The molecule has 0 spiro atoms. The third-order valence-electron chi connectivity index (χ3n) is 2.57. The Labute approximate surface area is 112 Å². The maximum absolute atomic E-state index is 11.8. The number of hydrogen-bond acceptors (Lipinski definition) is 1. The van der Waals surface area contributed by atoms with Crippen molar-refractivity contribution in [3.63, 3.8) is 0 Å². The van der Waals surface area contributed by atoms with Crippen LogP contribution in [0.2, 0.25) is 5.02 Å². The Balaban J connectivity index is 2.49. The lowest BCUT2D eigenvalue weighted by Gasteiger charge is -2.15. The van der Waals surface area contributed by atoms with Crippen molar-refractivity contribution in [1.82, 2.24) is 5.32 Å². The van der Waals surface area contributed by atoms with Crippen LogP contribution in [-0.4, -0.2) is 17.8 Å². The van der Waals surface area contributed by atoms with E-state index in [1.807, 2.05) is 25.1 Å². The molecule has 0 aromatic heterocycles. The van der Waals surface area contributed by atoms with Gasteiger partial charge in [0, 0.05) is 16.9 Å². The van der Waals surface area contributed by atoms with Crippen LogP contribution in [0.1, 0.15) is 25.3 Å². The molecular weight excluding hydrogens is 257 g/mol. The molecule has 0 aliphatic carbocycles. The monoisotopic (exact) mass is 273 g/mol. The molecule has 1 amide bonds. The lowest BCUT2D eigenvalue weighted by atomic mass is 10.1. The minimum absolute atomic E-state index is 0.0178. The quantitative estimate of drug-likeness (QED) is 0.791. The average molecular weight is 274 g/mol. The van der Waals surface area contributed by atoms with E-state index in [0.717, 1.165) is 18.4 Å². The Morgan fingerprint density at radius 2 is 2.24 bits per heavy atom. The first-order chi connectivity index (χ1) is 8.15. The number of benzene rings is 1. The smallest absolute Gasteiger partial charge is 0.224 e. The molecule has 2 nitrogen and oxygen atoms in total. The van der Waals surface area contributed by atoms with Crippen LogP contribution in [0.5, 0.6) is 0 Å². The number of rotatable bonds is 6. The van der Waals surface area contributed by atoms with Gasteiger partial charge in [-0.25, -0.2) is 0 Å². The molecule has 1 N–H and O–H groups in total. The standard InChI is InChI=1S/C13H17Cl2NO/c1-2-12(6-7-14)16-13(17)9-10-4-3-5-11(15)8-10/h3-5,8,12H,2,6-7,9H2,1H3,(H,16,17). The van der Waals surface area contributed by atoms with Gasteiger partial charge >= 0.3 is 0 Å². The van der Waals surface area contributed by atoms with E-state index in [2.05, 4.69) is 5.32 Å². The number of alkyl halides is 1. The molecule has 1 aromatic carbocycles. The zero-order valence-corrected chi connectivity index (χ0v) is 11.4. The molecular formula is C13H17Cl2NO.